The number of likely N-dealkylation sites (tertiary alicyclic amines) is 1. The van der Waals surface area contributed by atoms with E-state index < -0.39 is 0 Å². The van der Waals surface area contributed by atoms with Gasteiger partial charge in [-0.15, -0.1) is 0 Å². The van der Waals surface area contributed by atoms with Gasteiger partial charge in [0.15, 0.2) is 0 Å². The maximum atomic E-state index is 12.3. The summed E-state index contributed by atoms with van der Waals surface area (Å²) in [4.78, 5) is 14.3. The number of piperidine rings is 2. The van der Waals surface area contributed by atoms with Crippen molar-refractivity contribution >= 4 is 5.91 Å². The number of amides is 1. The fraction of sp³-hybridized carbons (Fsp3) is 0.933. The highest BCUT2D eigenvalue weighted by molar-refractivity contribution is 5.76. The van der Waals surface area contributed by atoms with E-state index in [4.69, 9.17) is 4.74 Å². The molecule has 0 aromatic rings. The summed E-state index contributed by atoms with van der Waals surface area (Å²) < 4.78 is 5.35. The van der Waals surface area contributed by atoms with E-state index in [9.17, 15) is 4.79 Å². The molecule has 0 aromatic carbocycles. The molecule has 4 heteroatoms. The van der Waals surface area contributed by atoms with Crippen molar-refractivity contribution in [2.24, 2.45) is 11.8 Å². The molecule has 2 saturated heterocycles. The van der Waals surface area contributed by atoms with Crippen LogP contribution in [0, 0.1) is 11.8 Å². The Bertz CT molecular complexity index is 282. The molecule has 0 saturated carbocycles. The van der Waals surface area contributed by atoms with Crippen molar-refractivity contribution in [2.45, 2.75) is 45.1 Å². The Morgan fingerprint density at radius 3 is 2.68 bits per heavy atom. The molecular weight excluding hydrogens is 240 g/mol. The van der Waals surface area contributed by atoms with Crippen LogP contribution in [0.2, 0.25) is 0 Å². The third kappa shape index (κ3) is 4.18. The molecule has 1 amide bonds. The summed E-state index contributed by atoms with van der Waals surface area (Å²) in [5.41, 5.74) is 0. The monoisotopic (exact) mass is 268 g/mol. The summed E-state index contributed by atoms with van der Waals surface area (Å²) in [6.45, 7) is 6.19. The predicted molar refractivity (Wildman–Crippen MR) is 76.0 cm³/mol. The first-order valence-electron chi connectivity index (χ1n) is 7.72. The second-order valence-electron chi connectivity index (χ2n) is 6.10. The molecule has 0 spiro atoms. The lowest BCUT2D eigenvalue weighted by molar-refractivity contribution is -0.134. The van der Waals surface area contributed by atoms with Crippen molar-refractivity contribution in [2.75, 3.05) is 33.3 Å². The number of carbonyl (C=O) groups is 1. The molecule has 0 radical (unpaired) electrons. The van der Waals surface area contributed by atoms with E-state index in [0.29, 0.717) is 30.3 Å². The summed E-state index contributed by atoms with van der Waals surface area (Å²) in [7, 11) is 1.76. The standard InChI is InChI=1S/C15H28N2O2/c1-12(13-4-3-7-16-11-13)10-15(18)17-8-5-14(19-2)6-9-17/h12-14,16H,3-11H2,1-2H3. The average Bonchev–Trinajstić information content (AvgIpc) is 2.48. The lowest BCUT2D eigenvalue weighted by Crippen LogP contribution is -2.42. The van der Waals surface area contributed by atoms with Crippen LogP contribution in [0.15, 0.2) is 0 Å². The smallest absolute Gasteiger partial charge is 0.222 e. The van der Waals surface area contributed by atoms with E-state index in [2.05, 4.69) is 12.2 Å². The number of ether oxygens (including phenoxy) is 1. The molecule has 2 rings (SSSR count). The Morgan fingerprint density at radius 2 is 2.11 bits per heavy atom. The SMILES string of the molecule is COC1CCN(C(=O)CC(C)C2CCCNC2)CC1. The Kier molecular flexibility index (Phi) is 5.64. The van der Waals surface area contributed by atoms with Gasteiger partial charge in [0.05, 0.1) is 6.10 Å². The summed E-state index contributed by atoms with van der Waals surface area (Å²) in [6.07, 6.45) is 5.56. The molecule has 2 aliphatic rings. The van der Waals surface area contributed by atoms with E-state index in [0.717, 1.165) is 39.0 Å². The van der Waals surface area contributed by atoms with Gasteiger partial charge >= 0.3 is 0 Å². The molecule has 19 heavy (non-hydrogen) atoms. The fourth-order valence-electron chi connectivity index (χ4n) is 3.28. The zero-order valence-electron chi connectivity index (χ0n) is 12.4. The number of nitrogens with zero attached hydrogens (tertiary/aromatic N) is 1. The summed E-state index contributed by atoms with van der Waals surface area (Å²) in [5.74, 6) is 1.52. The minimum absolute atomic E-state index is 0.340. The van der Waals surface area contributed by atoms with Gasteiger partial charge in [-0.25, -0.2) is 0 Å². The Balaban J connectivity index is 1.74. The summed E-state index contributed by atoms with van der Waals surface area (Å²) in [6, 6.07) is 0. The number of hydrogen-bond donors (Lipinski definition) is 1. The first kappa shape index (κ1) is 14.8. The van der Waals surface area contributed by atoms with Crippen molar-refractivity contribution in [3.8, 4) is 0 Å². The molecule has 0 aromatic heterocycles. The first-order chi connectivity index (χ1) is 9.20. The van der Waals surface area contributed by atoms with Crippen LogP contribution in [0.3, 0.4) is 0 Å². The minimum atomic E-state index is 0.340. The van der Waals surface area contributed by atoms with Crippen molar-refractivity contribution < 1.29 is 9.53 Å². The van der Waals surface area contributed by atoms with Gasteiger partial charge in [0, 0.05) is 26.6 Å². The van der Waals surface area contributed by atoms with Crippen LogP contribution in [0.25, 0.3) is 0 Å². The van der Waals surface area contributed by atoms with Gasteiger partial charge in [-0.05, 0) is 50.6 Å². The van der Waals surface area contributed by atoms with Gasteiger partial charge < -0.3 is 15.0 Å². The van der Waals surface area contributed by atoms with Gasteiger partial charge in [0.1, 0.15) is 0 Å². The van der Waals surface area contributed by atoms with Crippen molar-refractivity contribution in [1.29, 1.82) is 0 Å². The Hall–Kier alpha value is -0.610. The minimum Gasteiger partial charge on any atom is -0.381 e. The highest BCUT2D eigenvalue weighted by Crippen LogP contribution is 2.24. The van der Waals surface area contributed by atoms with E-state index in [1.807, 2.05) is 4.90 Å². The second-order valence-corrected chi connectivity index (χ2v) is 6.10. The van der Waals surface area contributed by atoms with E-state index in [1.54, 1.807) is 7.11 Å². The molecule has 4 nitrogen and oxygen atoms in total. The topological polar surface area (TPSA) is 41.6 Å². The van der Waals surface area contributed by atoms with Gasteiger partial charge in [-0.1, -0.05) is 6.92 Å². The number of hydrogen-bond acceptors (Lipinski definition) is 3. The first-order valence-corrected chi connectivity index (χ1v) is 7.72. The molecule has 2 unspecified atom stereocenters. The third-order valence-electron chi connectivity index (χ3n) is 4.76. The number of methoxy groups -OCH3 is 1. The second kappa shape index (κ2) is 7.25. The molecule has 2 aliphatic heterocycles. The van der Waals surface area contributed by atoms with Gasteiger partial charge in [0.2, 0.25) is 5.91 Å². The van der Waals surface area contributed by atoms with Crippen LogP contribution >= 0.6 is 0 Å². The Labute approximate surface area is 116 Å². The lowest BCUT2D eigenvalue weighted by atomic mass is 9.85. The molecule has 110 valence electrons. The molecular formula is C15H28N2O2. The molecule has 0 bridgehead atoms. The Morgan fingerprint density at radius 1 is 1.37 bits per heavy atom. The zero-order valence-corrected chi connectivity index (χ0v) is 12.4. The molecule has 1 N–H and O–H groups in total. The van der Waals surface area contributed by atoms with Crippen molar-refractivity contribution in [1.82, 2.24) is 10.2 Å². The summed E-state index contributed by atoms with van der Waals surface area (Å²) >= 11 is 0. The molecule has 2 fully saturated rings. The van der Waals surface area contributed by atoms with E-state index in [1.165, 1.54) is 12.8 Å². The predicted octanol–water partition coefficient (Wildman–Crippen LogP) is 1.65. The maximum absolute atomic E-state index is 12.3. The van der Waals surface area contributed by atoms with Crippen LogP contribution in [0.5, 0.6) is 0 Å². The zero-order chi connectivity index (χ0) is 13.7. The summed E-state index contributed by atoms with van der Waals surface area (Å²) in [5, 5.41) is 3.44. The lowest BCUT2D eigenvalue weighted by Gasteiger charge is -2.33. The normalized spacial score (nSPS) is 27.3. The largest absolute Gasteiger partial charge is 0.381 e. The highest BCUT2D eigenvalue weighted by atomic mass is 16.5. The van der Waals surface area contributed by atoms with Crippen molar-refractivity contribution in [3.05, 3.63) is 0 Å². The van der Waals surface area contributed by atoms with Crippen LogP contribution in [-0.2, 0) is 9.53 Å². The van der Waals surface area contributed by atoms with Gasteiger partial charge in [-0.3, -0.25) is 4.79 Å². The van der Waals surface area contributed by atoms with E-state index >= 15 is 0 Å². The third-order valence-corrected chi connectivity index (χ3v) is 4.76. The number of nitrogens with one attached hydrogen (secondary N) is 1. The maximum Gasteiger partial charge on any atom is 0.222 e. The van der Waals surface area contributed by atoms with E-state index in [-0.39, 0.29) is 0 Å². The quantitative estimate of drug-likeness (QED) is 0.843. The van der Waals surface area contributed by atoms with Gasteiger partial charge in [0.25, 0.3) is 0 Å². The molecule has 2 atom stereocenters. The van der Waals surface area contributed by atoms with Crippen molar-refractivity contribution in [3.63, 3.8) is 0 Å². The fourth-order valence-corrected chi connectivity index (χ4v) is 3.28. The van der Waals surface area contributed by atoms with Crippen LogP contribution in [-0.4, -0.2) is 50.2 Å². The number of carbonyl (C=O) groups excluding carboxylic acids is 1. The van der Waals surface area contributed by atoms with Crippen LogP contribution in [0.4, 0.5) is 0 Å². The highest BCUT2D eigenvalue weighted by Gasteiger charge is 2.26. The van der Waals surface area contributed by atoms with Crippen LogP contribution in [0.1, 0.15) is 39.0 Å². The molecule has 2 heterocycles. The average molecular weight is 268 g/mol. The molecule has 0 aliphatic carbocycles. The van der Waals surface area contributed by atoms with Crippen LogP contribution < -0.4 is 5.32 Å². The number of rotatable bonds is 4. The van der Waals surface area contributed by atoms with Gasteiger partial charge in [-0.2, -0.15) is 0 Å².